The van der Waals surface area contributed by atoms with Crippen molar-refractivity contribution in [2.24, 2.45) is 4.99 Å². The summed E-state index contributed by atoms with van der Waals surface area (Å²) in [5, 5.41) is 7.24. The summed E-state index contributed by atoms with van der Waals surface area (Å²) in [6, 6.07) is 7.95. The van der Waals surface area contributed by atoms with Crippen molar-refractivity contribution in [2.75, 3.05) is 16.4 Å². The van der Waals surface area contributed by atoms with E-state index >= 15 is 0 Å². The first kappa shape index (κ1) is 17.9. The zero-order valence-electron chi connectivity index (χ0n) is 14.1. The van der Waals surface area contributed by atoms with Crippen LogP contribution in [0.2, 0.25) is 0 Å². The van der Waals surface area contributed by atoms with Crippen molar-refractivity contribution in [1.29, 1.82) is 0 Å². The van der Waals surface area contributed by atoms with Crippen LogP contribution in [0.4, 0.5) is 15.1 Å². The van der Waals surface area contributed by atoms with Crippen LogP contribution in [-0.4, -0.2) is 17.5 Å². The normalized spacial score (nSPS) is 16.0. The Morgan fingerprint density at radius 3 is 2.76 bits per heavy atom. The number of amides is 1. The Morgan fingerprint density at radius 1 is 1.32 bits per heavy atom. The van der Waals surface area contributed by atoms with Crippen molar-refractivity contribution >= 4 is 45.5 Å². The molecule has 25 heavy (non-hydrogen) atoms. The number of thioether (sulfide) groups is 1. The largest absolute Gasteiger partial charge is 0.335 e. The molecule has 0 spiro atoms. The highest BCUT2D eigenvalue weighted by molar-refractivity contribution is 8.00. The average molecular weight is 378 g/mol. The Labute approximate surface area is 154 Å². The van der Waals surface area contributed by atoms with Crippen molar-refractivity contribution in [2.45, 2.75) is 32.1 Å². The van der Waals surface area contributed by atoms with E-state index in [0.29, 0.717) is 11.4 Å². The molecular weight excluding hydrogens is 357 g/mol. The summed E-state index contributed by atoms with van der Waals surface area (Å²) in [5.41, 5.74) is 1.75. The zero-order chi connectivity index (χ0) is 17.8. The highest BCUT2D eigenvalue weighted by Crippen LogP contribution is 2.43. The first-order chi connectivity index (χ1) is 12.1. The Balaban J connectivity index is 1.65. The Hall–Kier alpha value is -1.86. The first-order valence-corrected chi connectivity index (χ1v) is 10.1. The van der Waals surface area contributed by atoms with Gasteiger partial charge in [0.15, 0.2) is 0 Å². The quantitative estimate of drug-likeness (QED) is 0.740. The van der Waals surface area contributed by atoms with Crippen molar-refractivity contribution in [1.82, 2.24) is 0 Å². The maximum absolute atomic E-state index is 12.9. The summed E-state index contributed by atoms with van der Waals surface area (Å²) >= 11 is 3.26. The second kappa shape index (κ2) is 8.01. The summed E-state index contributed by atoms with van der Waals surface area (Å²) in [5.74, 6) is 0.809. The van der Waals surface area contributed by atoms with Crippen LogP contribution in [0.5, 0.6) is 0 Å². The van der Waals surface area contributed by atoms with E-state index in [4.69, 9.17) is 4.99 Å². The highest BCUT2D eigenvalue weighted by atomic mass is 32.2. The fourth-order valence-corrected chi connectivity index (χ4v) is 4.55. The highest BCUT2D eigenvalue weighted by Gasteiger charge is 2.24. The number of nitrogens with one attached hydrogen (secondary N) is 2. The van der Waals surface area contributed by atoms with Gasteiger partial charge in [-0.1, -0.05) is 13.8 Å². The number of halogens is 1. The molecule has 0 fully saturated rings. The third-order valence-corrected chi connectivity index (χ3v) is 6.11. The van der Waals surface area contributed by atoms with Crippen molar-refractivity contribution in [3.63, 3.8) is 0 Å². The molecule has 2 heterocycles. The Bertz CT molecular complexity index is 786. The number of carbonyl (C=O) groups excluding carboxylic acids is 1. The van der Waals surface area contributed by atoms with Crippen LogP contribution in [0.1, 0.15) is 36.1 Å². The molecule has 2 N–H and O–H groups in total. The van der Waals surface area contributed by atoms with Gasteiger partial charge < -0.3 is 10.6 Å². The van der Waals surface area contributed by atoms with Gasteiger partial charge in [0.2, 0.25) is 5.91 Å². The van der Waals surface area contributed by atoms with Crippen LogP contribution < -0.4 is 10.6 Å². The number of carbonyl (C=O) groups is 1. The van der Waals surface area contributed by atoms with Crippen LogP contribution in [0, 0.1) is 5.82 Å². The van der Waals surface area contributed by atoms with E-state index < -0.39 is 0 Å². The number of amidine groups is 1. The number of fused-ring (bicyclic) bond motifs is 1. The molecule has 1 aromatic heterocycles. The summed E-state index contributed by atoms with van der Waals surface area (Å²) in [6.07, 6.45) is 1.82. The minimum Gasteiger partial charge on any atom is -0.335 e. The molecule has 1 atom stereocenters. The lowest BCUT2D eigenvalue weighted by molar-refractivity contribution is -0.113. The van der Waals surface area contributed by atoms with Gasteiger partial charge in [0.1, 0.15) is 22.0 Å². The number of thiophene rings is 1. The van der Waals surface area contributed by atoms with E-state index in [1.165, 1.54) is 28.8 Å². The van der Waals surface area contributed by atoms with Gasteiger partial charge in [-0.15, -0.1) is 23.1 Å². The predicted molar refractivity (Wildman–Crippen MR) is 105 cm³/mol. The third-order valence-electron chi connectivity index (χ3n) is 3.79. The minimum atomic E-state index is -0.319. The zero-order valence-corrected chi connectivity index (χ0v) is 15.8. The second-order valence-electron chi connectivity index (χ2n) is 5.62. The van der Waals surface area contributed by atoms with Gasteiger partial charge in [0.25, 0.3) is 0 Å². The SMILES string of the molecule is CCC1=NC(SCC(=O)Nc2ccc(F)cc2)c2cc(CC)sc2N1. The van der Waals surface area contributed by atoms with E-state index in [-0.39, 0.29) is 17.1 Å². The molecule has 1 unspecified atom stereocenters. The Kier molecular flexibility index (Phi) is 5.75. The molecule has 1 aliphatic rings. The fourth-order valence-electron chi connectivity index (χ4n) is 2.48. The molecule has 132 valence electrons. The van der Waals surface area contributed by atoms with E-state index in [9.17, 15) is 9.18 Å². The van der Waals surface area contributed by atoms with E-state index in [1.807, 2.05) is 0 Å². The first-order valence-electron chi connectivity index (χ1n) is 8.22. The summed E-state index contributed by atoms with van der Waals surface area (Å²) in [7, 11) is 0. The van der Waals surface area contributed by atoms with Crippen LogP contribution in [-0.2, 0) is 11.2 Å². The monoisotopic (exact) mass is 377 g/mol. The molecule has 1 aromatic carbocycles. The molecule has 0 bridgehead atoms. The van der Waals surface area contributed by atoms with Gasteiger partial charge in [-0.3, -0.25) is 9.79 Å². The minimum absolute atomic E-state index is 0.0679. The van der Waals surface area contributed by atoms with Gasteiger partial charge in [0, 0.05) is 22.5 Å². The molecule has 0 saturated heterocycles. The molecule has 1 aliphatic heterocycles. The molecular formula is C18H20FN3OS2. The second-order valence-corrected chi connectivity index (χ2v) is 7.83. The van der Waals surface area contributed by atoms with Gasteiger partial charge in [-0.2, -0.15) is 0 Å². The van der Waals surface area contributed by atoms with Crippen LogP contribution in [0.3, 0.4) is 0 Å². The predicted octanol–water partition coefficient (Wildman–Crippen LogP) is 5.05. The molecule has 4 nitrogen and oxygen atoms in total. The number of aliphatic imine (C=N–C) groups is 1. The number of nitrogens with zero attached hydrogens (tertiary/aromatic N) is 1. The number of hydrogen-bond donors (Lipinski definition) is 2. The third kappa shape index (κ3) is 4.41. The van der Waals surface area contributed by atoms with E-state index in [2.05, 4.69) is 30.5 Å². The van der Waals surface area contributed by atoms with Crippen LogP contribution in [0.15, 0.2) is 35.3 Å². The molecule has 3 rings (SSSR count). The van der Waals surface area contributed by atoms with E-state index in [0.717, 1.165) is 29.2 Å². The van der Waals surface area contributed by atoms with Crippen LogP contribution >= 0.6 is 23.1 Å². The number of rotatable bonds is 6. The number of benzene rings is 1. The molecule has 0 saturated carbocycles. The number of hydrogen-bond acceptors (Lipinski definition) is 5. The van der Waals surface area contributed by atoms with Crippen molar-refractivity contribution in [3.8, 4) is 0 Å². The molecule has 2 aromatic rings. The fraction of sp³-hybridized carbons (Fsp3) is 0.333. The van der Waals surface area contributed by atoms with Crippen molar-refractivity contribution in [3.05, 3.63) is 46.6 Å². The average Bonchev–Trinajstić information content (AvgIpc) is 3.04. The summed E-state index contributed by atoms with van der Waals surface area (Å²) in [4.78, 5) is 18.2. The molecule has 0 aliphatic carbocycles. The molecule has 1 amide bonds. The van der Waals surface area contributed by atoms with E-state index in [1.54, 1.807) is 23.5 Å². The van der Waals surface area contributed by atoms with Crippen molar-refractivity contribution < 1.29 is 9.18 Å². The van der Waals surface area contributed by atoms with Gasteiger partial charge in [0.05, 0.1) is 5.75 Å². The number of aryl methyl sites for hydroxylation is 1. The maximum Gasteiger partial charge on any atom is 0.234 e. The lowest BCUT2D eigenvalue weighted by atomic mass is 10.2. The molecule has 0 radical (unpaired) electrons. The standard InChI is InChI=1S/C18H20FN3OS2/c1-3-13-9-14-17(21-15(4-2)22-18(14)25-13)24-10-16(23)20-12-7-5-11(19)6-8-12/h5-9,17H,3-4,10H2,1-2H3,(H,20,23)(H,21,22). The molecule has 7 heteroatoms. The van der Waals surface area contributed by atoms with Gasteiger partial charge in [-0.25, -0.2) is 4.39 Å². The number of anilines is 2. The lowest BCUT2D eigenvalue weighted by Crippen LogP contribution is -2.19. The Morgan fingerprint density at radius 2 is 2.08 bits per heavy atom. The van der Waals surface area contributed by atoms with Gasteiger partial charge in [-0.05, 0) is 36.8 Å². The summed E-state index contributed by atoms with van der Waals surface area (Å²) in [6.45, 7) is 4.20. The topological polar surface area (TPSA) is 53.5 Å². The van der Waals surface area contributed by atoms with Gasteiger partial charge >= 0.3 is 0 Å². The maximum atomic E-state index is 12.9. The smallest absolute Gasteiger partial charge is 0.234 e. The summed E-state index contributed by atoms with van der Waals surface area (Å²) < 4.78 is 12.9. The van der Waals surface area contributed by atoms with Crippen LogP contribution in [0.25, 0.3) is 0 Å². The lowest BCUT2D eigenvalue weighted by Gasteiger charge is -2.21.